The van der Waals surface area contributed by atoms with E-state index in [9.17, 15) is 0 Å². The zero-order valence-electron chi connectivity index (χ0n) is 11.6. The van der Waals surface area contributed by atoms with Crippen LogP contribution in [0.25, 0.3) is 11.3 Å². The lowest BCUT2D eigenvalue weighted by molar-refractivity contribution is 0.582. The standard InChI is InChI=1S/C16H16N4O/c1-2-14(21-9-1)12-4-3-11(15-17-5-6-18-15)10-13(12)16-19-7-8-20-16/h1-4,9-10H,5-8H2,(H,17,18)(H,19,20). The van der Waals surface area contributed by atoms with Crippen LogP contribution in [0.1, 0.15) is 11.1 Å². The Bertz CT molecular complexity index is 716. The third kappa shape index (κ3) is 2.20. The van der Waals surface area contributed by atoms with Crippen molar-refractivity contribution in [1.82, 2.24) is 10.6 Å². The molecule has 1 aromatic heterocycles. The van der Waals surface area contributed by atoms with Gasteiger partial charge in [-0.15, -0.1) is 0 Å². The Labute approximate surface area is 122 Å². The van der Waals surface area contributed by atoms with Crippen LogP contribution in [0.5, 0.6) is 0 Å². The van der Waals surface area contributed by atoms with Gasteiger partial charge in [0.2, 0.25) is 0 Å². The number of rotatable bonds is 3. The highest BCUT2D eigenvalue weighted by atomic mass is 16.3. The first-order valence-corrected chi connectivity index (χ1v) is 7.17. The van der Waals surface area contributed by atoms with E-state index in [1.54, 1.807) is 6.26 Å². The summed E-state index contributed by atoms with van der Waals surface area (Å²) in [6.07, 6.45) is 1.69. The minimum Gasteiger partial charge on any atom is -0.464 e. The number of nitrogens with one attached hydrogen (secondary N) is 2. The number of aliphatic imine (C=N–C) groups is 2. The molecule has 0 aliphatic carbocycles. The Hall–Kier alpha value is -2.56. The van der Waals surface area contributed by atoms with Crippen LogP contribution in [0.4, 0.5) is 0 Å². The van der Waals surface area contributed by atoms with Gasteiger partial charge in [-0.05, 0) is 24.3 Å². The number of furan rings is 1. The second-order valence-corrected chi connectivity index (χ2v) is 5.05. The molecule has 1 aromatic carbocycles. The first kappa shape index (κ1) is 12.2. The molecule has 0 radical (unpaired) electrons. The lowest BCUT2D eigenvalue weighted by atomic mass is 10.0. The van der Waals surface area contributed by atoms with Crippen LogP contribution in [0.3, 0.4) is 0 Å². The fourth-order valence-corrected chi connectivity index (χ4v) is 2.70. The molecule has 0 bridgehead atoms. The van der Waals surface area contributed by atoms with Crippen molar-refractivity contribution in [3.05, 3.63) is 47.7 Å². The maximum atomic E-state index is 5.56. The van der Waals surface area contributed by atoms with Crippen molar-refractivity contribution >= 4 is 11.7 Å². The monoisotopic (exact) mass is 280 g/mol. The van der Waals surface area contributed by atoms with Crippen LogP contribution in [0.15, 0.2) is 51.0 Å². The molecule has 0 atom stereocenters. The molecule has 2 aliphatic heterocycles. The smallest absolute Gasteiger partial charge is 0.134 e. The maximum Gasteiger partial charge on any atom is 0.134 e. The quantitative estimate of drug-likeness (QED) is 0.898. The molecule has 0 unspecified atom stereocenters. The summed E-state index contributed by atoms with van der Waals surface area (Å²) in [6.45, 7) is 3.44. The Morgan fingerprint density at radius 2 is 1.71 bits per heavy atom. The maximum absolute atomic E-state index is 5.56. The molecule has 3 heterocycles. The average molecular weight is 280 g/mol. The van der Waals surface area contributed by atoms with Gasteiger partial charge in [-0.25, -0.2) is 0 Å². The summed E-state index contributed by atoms with van der Waals surface area (Å²) in [4.78, 5) is 9.04. The first-order chi connectivity index (χ1) is 10.4. The SMILES string of the molecule is c1coc(-c2ccc(C3=NCCN3)cc2C2=NCCN2)c1. The van der Waals surface area contributed by atoms with Crippen molar-refractivity contribution in [2.24, 2.45) is 9.98 Å². The van der Waals surface area contributed by atoms with Crippen molar-refractivity contribution in [1.29, 1.82) is 0 Å². The van der Waals surface area contributed by atoms with Gasteiger partial charge in [-0.3, -0.25) is 9.98 Å². The van der Waals surface area contributed by atoms with Crippen LogP contribution in [0, 0.1) is 0 Å². The summed E-state index contributed by atoms with van der Waals surface area (Å²) in [5.41, 5.74) is 3.21. The molecule has 0 fully saturated rings. The lowest BCUT2D eigenvalue weighted by Gasteiger charge is -2.11. The molecule has 0 saturated heterocycles. The third-order valence-corrected chi connectivity index (χ3v) is 3.68. The summed E-state index contributed by atoms with van der Waals surface area (Å²) in [5, 5.41) is 6.65. The molecule has 21 heavy (non-hydrogen) atoms. The Balaban J connectivity index is 1.83. The van der Waals surface area contributed by atoms with Crippen molar-refractivity contribution in [2.75, 3.05) is 26.2 Å². The molecular formula is C16H16N4O. The molecule has 106 valence electrons. The Morgan fingerprint density at radius 3 is 2.38 bits per heavy atom. The number of benzene rings is 1. The van der Waals surface area contributed by atoms with Gasteiger partial charge in [0.15, 0.2) is 0 Å². The summed E-state index contributed by atoms with van der Waals surface area (Å²) in [5.74, 6) is 2.75. The van der Waals surface area contributed by atoms with Gasteiger partial charge in [0.1, 0.15) is 17.4 Å². The van der Waals surface area contributed by atoms with E-state index in [1.165, 1.54) is 0 Å². The van der Waals surface area contributed by atoms with Crippen molar-refractivity contribution < 1.29 is 4.42 Å². The molecule has 2 aliphatic rings. The molecule has 2 N–H and O–H groups in total. The van der Waals surface area contributed by atoms with E-state index in [0.717, 1.165) is 60.3 Å². The first-order valence-electron chi connectivity index (χ1n) is 7.17. The van der Waals surface area contributed by atoms with E-state index in [-0.39, 0.29) is 0 Å². The lowest BCUT2D eigenvalue weighted by Crippen LogP contribution is -2.23. The minimum absolute atomic E-state index is 0.816. The van der Waals surface area contributed by atoms with Gasteiger partial charge >= 0.3 is 0 Å². The summed E-state index contributed by atoms with van der Waals surface area (Å²) >= 11 is 0. The fourth-order valence-electron chi connectivity index (χ4n) is 2.70. The predicted molar refractivity (Wildman–Crippen MR) is 83.0 cm³/mol. The van der Waals surface area contributed by atoms with E-state index >= 15 is 0 Å². The van der Waals surface area contributed by atoms with E-state index in [4.69, 9.17) is 4.42 Å². The van der Waals surface area contributed by atoms with Gasteiger partial charge in [0, 0.05) is 29.8 Å². The summed E-state index contributed by atoms with van der Waals surface area (Å²) in [7, 11) is 0. The molecular weight excluding hydrogens is 264 g/mol. The van der Waals surface area contributed by atoms with Gasteiger partial charge in [0.25, 0.3) is 0 Å². The van der Waals surface area contributed by atoms with E-state index in [0.29, 0.717) is 0 Å². The number of nitrogens with zero attached hydrogens (tertiary/aromatic N) is 2. The average Bonchev–Trinajstić information content (AvgIpc) is 3.28. The van der Waals surface area contributed by atoms with Crippen molar-refractivity contribution in [3.63, 3.8) is 0 Å². The van der Waals surface area contributed by atoms with Crippen LogP contribution in [-0.4, -0.2) is 37.9 Å². The summed E-state index contributed by atoms with van der Waals surface area (Å²) in [6, 6.07) is 10.2. The number of amidine groups is 2. The van der Waals surface area contributed by atoms with Gasteiger partial charge in [-0.2, -0.15) is 0 Å². The molecule has 0 spiro atoms. The van der Waals surface area contributed by atoms with Crippen LogP contribution < -0.4 is 10.6 Å². The number of hydrogen-bond acceptors (Lipinski definition) is 5. The van der Waals surface area contributed by atoms with Gasteiger partial charge in [-0.1, -0.05) is 6.07 Å². The predicted octanol–water partition coefficient (Wildman–Crippen LogP) is 1.65. The van der Waals surface area contributed by atoms with Gasteiger partial charge in [0.05, 0.1) is 19.4 Å². The molecule has 4 rings (SSSR count). The highest BCUT2D eigenvalue weighted by molar-refractivity contribution is 6.08. The zero-order chi connectivity index (χ0) is 14.1. The molecule has 2 aromatic rings. The third-order valence-electron chi connectivity index (χ3n) is 3.68. The van der Waals surface area contributed by atoms with E-state index in [1.807, 2.05) is 12.1 Å². The Kier molecular flexibility index (Phi) is 2.96. The highest BCUT2D eigenvalue weighted by Gasteiger charge is 2.18. The van der Waals surface area contributed by atoms with Crippen LogP contribution >= 0.6 is 0 Å². The minimum atomic E-state index is 0.816. The largest absolute Gasteiger partial charge is 0.464 e. The van der Waals surface area contributed by atoms with Gasteiger partial charge < -0.3 is 15.1 Å². The van der Waals surface area contributed by atoms with Crippen LogP contribution in [-0.2, 0) is 0 Å². The normalized spacial score (nSPS) is 17.1. The summed E-state index contributed by atoms with van der Waals surface area (Å²) < 4.78 is 5.56. The second kappa shape index (κ2) is 5.09. The highest BCUT2D eigenvalue weighted by Crippen LogP contribution is 2.26. The fraction of sp³-hybridized carbons (Fsp3) is 0.250. The molecule has 5 nitrogen and oxygen atoms in total. The van der Waals surface area contributed by atoms with Crippen molar-refractivity contribution in [3.8, 4) is 11.3 Å². The second-order valence-electron chi connectivity index (χ2n) is 5.05. The van der Waals surface area contributed by atoms with Crippen molar-refractivity contribution in [2.45, 2.75) is 0 Å². The molecule has 0 saturated carbocycles. The molecule has 5 heteroatoms. The zero-order valence-corrected chi connectivity index (χ0v) is 11.6. The Morgan fingerprint density at radius 1 is 0.905 bits per heavy atom. The molecule has 0 amide bonds. The van der Waals surface area contributed by atoms with E-state index < -0.39 is 0 Å². The topological polar surface area (TPSA) is 61.9 Å². The number of hydrogen-bond donors (Lipinski definition) is 2. The van der Waals surface area contributed by atoms with Crippen LogP contribution in [0.2, 0.25) is 0 Å². The van der Waals surface area contributed by atoms with E-state index in [2.05, 4.69) is 38.8 Å².